The number of fused-ring (bicyclic) bond motifs is 3. The van der Waals surface area contributed by atoms with Crippen LogP contribution in [-0.4, -0.2) is 9.55 Å². The van der Waals surface area contributed by atoms with Crippen molar-refractivity contribution in [3.8, 4) is 22.6 Å². The summed E-state index contributed by atoms with van der Waals surface area (Å²) in [5.74, 6) is 0.940. The van der Waals surface area contributed by atoms with Gasteiger partial charge in [0.15, 0.2) is 6.20 Å². The molecule has 0 aliphatic heterocycles. The molecule has 0 radical (unpaired) electrons. The number of aryl methyl sites for hydroxylation is 2. The number of benzene rings is 2. The molecule has 5 rings (SSSR count). The number of hydrogen-bond acceptors (Lipinski definition) is 2. The van der Waals surface area contributed by atoms with Gasteiger partial charge < -0.3 is 8.98 Å². The van der Waals surface area contributed by atoms with Crippen LogP contribution in [0.3, 0.4) is 0 Å². The zero-order valence-corrected chi connectivity index (χ0v) is 15.6. The Morgan fingerprint density at radius 1 is 1.04 bits per heavy atom. The van der Waals surface area contributed by atoms with Crippen molar-refractivity contribution in [1.29, 1.82) is 0 Å². The number of nitrogens with zero attached hydrogens (tertiary/aromatic N) is 3. The van der Waals surface area contributed by atoms with Crippen LogP contribution in [0.15, 0.2) is 71.5 Å². The third kappa shape index (κ3) is 2.30. The lowest BCUT2D eigenvalue weighted by atomic mass is 9.93. The van der Waals surface area contributed by atoms with Crippen LogP contribution in [0.4, 0.5) is 0 Å². The molecule has 0 fully saturated rings. The Bertz CT molecular complexity index is 1310. The van der Waals surface area contributed by atoms with Gasteiger partial charge in [0.25, 0.3) is 0 Å². The molecule has 2 aromatic carbocycles. The van der Waals surface area contributed by atoms with Gasteiger partial charge in [-0.1, -0.05) is 18.2 Å². The lowest BCUT2D eigenvalue weighted by molar-refractivity contribution is -0.660. The van der Waals surface area contributed by atoms with Crippen LogP contribution < -0.4 is 4.57 Å². The summed E-state index contributed by atoms with van der Waals surface area (Å²) in [6.45, 7) is 2.17. The van der Waals surface area contributed by atoms with Crippen LogP contribution in [0.2, 0.25) is 0 Å². The third-order valence-corrected chi connectivity index (χ3v) is 5.30. The van der Waals surface area contributed by atoms with E-state index in [4.69, 9.17) is 4.42 Å². The van der Waals surface area contributed by atoms with Gasteiger partial charge in [-0.15, -0.1) is 0 Å². The highest BCUT2D eigenvalue weighted by molar-refractivity contribution is 6.14. The Hall–Kier alpha value is -3.40. The van der Waals surface area contributed by atoms with Gasteiger partial charge in [-0.25, -0.2) is 9.55 Å². The van der Waals surface area contributed by atoms with Crippen molar-refractivity contribution in [3.05, 3.63) is 72.7 Å². The highest BCUT2D eigenvalue weighted by atomic mass is 16.3. The van der Waals surface area contributed by atoms with Gasteiger partial charge in [0.2, 0.25) is 5.69 Å². The second-order valence-electron chi connectivity index (χ2n) is 6.95. The third-order valence-electron chi connectivity index (χ3n) is 5.30. The molecule has 0 saturated heterocycles. The fraction of sp³-hybridized carbons (Fsp3) is 0.130. The van der Waals surface area contributed by atoms with Gasteiger partial charge in [0.05, 0.1) is 5.56 Å². The first kappa shape index (κ1) is 15.8. The van der Waals surface area contributed by atoms with Crippen molar-refractivity contribution in [3.63, 3.8) is 0 Å². The molecule has 4 nitrogen and oxygen atoms in total. The number of rotatable bonds is 2. The Morgan fingerprint density at radius 3 is 2.63 bits per heavy atom. The summed E-state index contributed by atoms with van der Waals surface area (Å²) in [6, 6.07) is 16.6. The van der Waals surface area contributed by atoms with E-state index in [-0.39, 0.29) is 0 Å². The van der Waals surface area contributed by atoms with Crippen LogP contribution in [0.5, 0.6) is 0 Å². The van der Waals surface area contributed by atoms with E-state index in [0.29, 0.717) is 0 Å². The number of aromatic nitrogens is 3. The molecule has 5 aromatic rings. The minimum atomic E-state index is 0.888. The highest BCUT2D eigenvalue weighted by Gasteiger charge is 2.24. The molecule has 0 spiro atoms. The molecule has 3 aromatic heterocycles. The summed E-state index contributed by atoms with van der Waals surface area (Å²) in [7, 11) is 4.10. The van der Waals surface area contributed by atoms with Crippen LogP contribution >= 0.6 is 0 Å². The Balaban J connectivity index is 1.99. The van der Waals surface area contributed by atoms with Crippen LogP contribution in [-0.2, 0) is 14.1 Å². The minimum Gasteiger partial charge on any atom is -0.456 e. The Morgan fingerprint density at radius 2 is 1.85 bits per heavy atom. The molecule has 132 valence electrons. The first-order valence-electron chi connectivity index (χ1n) is 9.02. The van der Waals surface area contributed by atoms with Crippen molar-refractivity contribution >= 4 is 21.9 Å². The van der Waals surface area contributed by atoms with Crippen LogP contribution in [0.1, 0.15) is 5.56 Å². The van der Waals surface area contributed by atoms with E-state index in [1.807, 2.05) is 42.2 Å². The summed E-state index contributed by atoms with van der Waals surface area (Å²) in [6.07, 6.45) is 5.88. The summed E-state index contributed by atoms with van der Waals surface area (Å²) in [5.41, 5.74) is 6.43. The maximum absolute atomic E-state index is 6.24. The molecule has 0 unspecified atom stereocenters. The fourth-order valence-electron chi connectivity index (χ4n) is 3.95. The summed E-state index contributed by atoms with van der Waals surface area (Å²) in [4.78, 5) is 4.58. The average molecular weight is 354 g/mol. The van der Waals surface area contributed by atoms with Crippen molar-refractivity contribution in [1.82, 2.24) is 9.55 Å². The number of hydrogen-bond donors (Lipinski definition) is 0. The lowest BCUT2D eigenvalue weighted by Gasteiger charge is -2.12. The monoisotopic (exact) mass is 354 g/mol. The molecule has 0 atom stereocenters. The number of furan rings is 1. The molecule has 0 bridgehead atoms. The molecule has 4 heteroatoms. The lowest BCUT2D eigenvalue weighted by Crippen LogP contribution is -2.30. The summed E-state index contributed by atoms with van der Waals surface area (Å²) in [5, 5.41) is 2.30. The molecule has 0 N–H and O–H groups in total. The molecular formula is C23H20N3O+. The second kappa shape index (κ2) is 5.81. The van der Waals surface area contributed by atoms with Gasteiger partial charge in [0, 0.05) is 47.9 Å². The van der Waals surface area contributed by atoms with Gasteiger partial charge >= 0.3 is 0 Å². The highest BCUT2D eigenvalue weighted by Crippen LogP contribution is 2.41. The van der Waals surface area contributed by atoms with E-state index in [1.165, 1.54) is 11.1 Å². The molecule has 0 aliphatic rings. The minimum absolute atomic E-state index is 0.888. The van der Waals surface area contributed by atoms with Crippen molar-refractivity contribution in [2.45, 2.75) is 6.92 Å². The fourth-order valence-corrected chi connectivity index (χ4v) is 3.95. The first-order chi connectivity index (χ1) is 13.1. The number of para-hydroxylation sites is 1. The maximum Gasteiger partial charge on any atom is 0.213 e. The SMILES string of the molecule is Cc1c(-c2nccn2C)cc2oc3ccccc3c2c1-c1cccc[n+]1C. The average Bonchev–Trinajstić information content (AvgIpc) is 3.25. The molecule has 27 heavy (non-hydrogen) atoms. The van der Waals surface area contributed by atoms with Crippen LogP contribution in [0.25, 0.3) is 44.6 Å². The van der Waals surface area contributed by atoms with Crippen molar-refractivity contribution < 1.29 is 8.98 Å². The van der Waals surface area contributed by atoms with E-state index >= 15 is 0 Å². The Kier molecular flexibility index (Phi) is 3.41. The largest absolute Gasteiger partial charge is 0.456 e. The smallest absolute Gasteiger partial charge is 0.213 e. The van der Waals surface area contributed by atoms with E-state index < -0.39 is 0 Å². The Labute approximate surface area is 157 Å². The van der Waals surface area contributed by atoms with Gasteiger partial charge in [-0.3, -0.25) is 0 Å². The van der Waals surface area contributed by atoms with Crippen molar-refractivity contribution in [2.75, 3.05) is 0 Å². The predicted octanol–water partition coefficient (Wildman–Crippen LogP) is 4.79. The standard InChI is InChI=1S/C23H20N3O/c1-15-17(23-24-11-13-26(23)3)14-20-22(16-8-4-5-10-19(16)27-20)21(15)18-9-6-7-12-25(18)2/h4-14H,1-3H3/q+1. The van der Waals surface area contributed by atoms with E-state index in [9.17, 15) is 0 Å². The number of imidazole rings is 1. The first-order valence-corrected chi connectivity index (χ1v) is 9.02. The predicted molar refractivity (Wildman–Crippen MR) is 107 cm³/mol. The van der Waals surface area contributed by atoms with Gasteiger partial charge in [-0.2, -0.15) is 0 Å². The van der Waals surface area contributed by atoms with Crippen molar-refractivity contribution in [2.24, 2.45) is 14.1 Å². The number of pyridine rings is 1. The van der Waals surface area contributed by atoms with E-state index in [0.717, 1.165) is 39.0 Å². The van der Waals surface area contributed by atoms with Gasteiger partial charge in [0.1, 0.15) is 24.0 Å². The zero-order valence-electron chi connectivity index (χ0n) is 15.6. The topological polar surface area (TPSA) is 34.8 Å². The molecule has 0 amide bonds. The molecule has 3 heterocycles. The normalized spacial score (nSPS) is 11.5. The second-order valence-corrected chi connectivity index (χ2v) is 6.95. The zero-order chi connectivity index (χ0) is 18.5. The summed E-state index contributed by atoms with van der Waals surface area (Å²) < 4.78 is 10.4. The van der Waals surface area contributed by atoms with Gasteiger partial charge in [-0.05, 0) is 30.7 Å². The molecule has 0 saturated carbocycles. The molecular weight excluding hydrogens is 334 g/mol. The van der Waals surface area contributed by atoms with E-state index in [1.54, 1.807) is 0 Å². The van der Waals surface area contributed by atoms with E-state index in [2.05, 4.69) is 60.1 Å². The maximum atomic E-state index is 6.24. The molecule has 0 aliphatic carbocycles. The summed E-state index contributed by atoms with van der Waals surface area (Å²) >= 11 is 0. The quantitative estimate of drug-likeness (QED) is 0.427. The van der Waals surface area contributed by atoms with Crippen LogP contribution in [0, 0.1) is 6.92 Å².